The van der Waals surface area contributed by atoms with Crippen molar-refractivity contribution in [3.63, 3.8) is 0 Å². The maximum Gasteiger partial charge on any atom is 0.418 e. The third-order valence-corrected chi connectivity index (χ3v) is 2.90. The average molecular weight is 314 g/mol. The molecule has 0 bridgehead atoms. The van der Waals surface area contributed by atoms with Crippen molar-refractivity contribution in [1.82, 2.24) is 4.98 Å². The molecule has 0 aliphatic rings. The number of carbonyl (C=O) groups is 1. The van der Waals surface area contributed by atoms with E-state index in [9.17, 15) is 18.0 Å². The second-order valence-electron chi connectivity index (χ2n) is 4.50. The van der Waals surface area contributed by atoms with Crippen LogP contribution in [0.4, 0.5) is 18.9 Å². The molecule has 0 aliphatic carbocycles. The summed E-state index contributed by atoms with van der Waals surface area (Å²) >= 11 is 0. The molecule has 0 fully saturated rings. The van der Waals surface area contributed by atoms with Crippen molar-refractivity contribution in [2.24, 2.45) is 0 Å². The van der Waals surface area contributed by atoms with Gasteiger partial charge in [0.25, 0.3) is 5.91 Å². The molecule has 0 radical (unpaired) electrons. The number of rotatable bonds is 3. The Labute approximate surface area is 124 Å². The molecule has 1 aromatic carbocycles. The van der Waals surface area contributed by atoms with E-state index in [1.54, 1.807) is 0 Å². The second kappa shape index (κ2) is 5.70. The first kappa shape index (κ1) is 15.9. The van der Waals surface area contributed by atoms with Crippen LogP contribution in [0.5, 0.6) is 5.75 Å². The summed E-state index contributed by atoms with van der Waals surface area (Å²) in [6.07, 6.45) is -4.63. The van der Waals surface area contributed by atoms with Crippen LogP contribution in [0.1, 0.15) is 27.7 Å². The minimum atomic E-state index is -4.63. The lowest BCUT2D eigenvalue weighted by atomic mass is 10.1. The number of methoxy groups -OCH3 is 1. The third kappa shape index (κ3) is 3.21. The Balaban J connectivity index is 2.37. The van der Waals surface area contributed by atoms with Crippen molar-refractivity contribution >= 4 is 11.6 Å². The van der Waals surface area contributed by atoms with Gasteiger partial charge < -0.3 is 14.5 Å². The lowest BCUT2D eigenvalue weighted by Crippen LogP contribution is -2.17. The fourth-order valence-electron chi connectivity index (χ4n) is 1.91. The van der Waals surface area contributed by atoms with Crippen molar-refractivity contribution in [2.45, 2.75) is 20.0 Å². The predicted octanol–water partition coefficient (Wildman–Crippen LogP) is 3.57. The van der Waals surface area contributed by atoms with Gasteiger partial charge in [0, 0.05) is 6.92 Å². The Morgan fingerprint density at radius 2 is 2.00 bits per heavy atom. The molecule has 118 valence electrons. The van der Waals surface area contributed by atoms with Crippen molar-refractivity contribution < 1.29 is 27.1 Å². The number of anilines is 1. The number of benzene rings is 1. The van der Waals surface area contributed by atoms with Gasteiger partial charge in [0.2, 0.25) is 0 Å². The van der Waals surface area contributed by atoms with E-state index in [4.69, 9.17) is 9.15 Å². The van der Waals surface area contributed by atoms with Crippen LogP contribution in [0.2, 0.25) is 0 Å². The van der Waals surface area contributed by atoms with E-state index in [-0.39, 0.29) is 28.8 Å². The van der Waals surface area contributed by atoms with Gasteiger partial charge in [-0.2, -0.15) is 13.2 Å². The van der Waals surface area contributed by atoms with Crippen LogP contribution in [-0.2, 0) is 6.18 Å². The van der Waals surface area contributed by atoms with Crippen LogP contribution in [0, 0.1) is 13.8 Å². The quantitative estimate of drug-likeness (QED) is 0.940. The van der Waals surface area contributed by atoms with Gasteiger partial charge in [0.05, 0.1) is 18.4 Å². The molecule has 0 spiro atoms. The largest absolute Gasteiger partial charge is 0.497 e. The lowest BCUT2D eigenvalue weighted by molar-refractivity contribution is -0.137. The van der Waals surface area contributed by atoms with Crippen LogP contribution < -0.4 is 10.1 Å². The summed E-state index contributed by atoms with van der Waals surface area (Å²) in [5, 5.41) is 2.20. The van der Waals surface area contributed by atoms with Gasteiger partial charge in [-0.15, -0.1) is 0 Å². The van der Waals surface area contributed by atoms with Gasteiger partial charge >= 0.3 is 6.18 Å². The van der Waals surface area contributed by atoms with E-state index in [2.05, 4.69) is 10.3 Å². The van der Waals surface area contributed by atoms with Gasteiger partial charge in [0.1, 0.15) is 11.5 Å². The highest BCUT2D eigenvalue weighted by Gasteiger charge is 2.34. The molecule has 5 nitrogen and oxygen atoms in total. The summed E-state index contributed by atoms with van der Waals surface area (Å²) in [7, 11) is 1.26. The molecule has 1 aromatic heterocycles. The average Bonchev–Trinajstić information content (AvgIpc) is 2.77. The number of alkyl halides is 3. The molecular weight excluding hydrogens is 301 g/mol. The molecule has 0 aliphatic heterocycles. The SMILES string of the molecule is COc1ccc(NC(=O)c2nc(C)oc2C)c(C(F)(F)F)c1. The number of halogens is 3. The van der Waals surface area contributed by atoms with E-state index < -0.39 is 17.6 Å². The Kier molecular flexibility index (Phi) is 4.11. The van der Waals surface area contributed by atoms with Gasteiger partial charge in [-0.1, -0.05) is 0 Å². The molecule has 0 unspecified atom stereocenters. The normalized spacial score (nSPS) is 11.4. The van der Waals surface area contributed by atoms with Crippen molar-refractivity contribution in [3.8, 4) is 5.75 Å². The first-order valence-corrected chi connectivity index (χ1v) is 6.23. The van der Waals surface area contributed by atoms with E-state index in [1.165, 1.54) is 27.0 Å². The highest BCUT2D eigenvalue weighted by molar-refractivity contribution is 6.04. The first-order chi connectivity index (χ1) is 10.2. The zero-order valence-electron chi connectivity index (χ0n) is 12.0. The molecule has 1 N–H and O–H groups in total. The molecule has 2 aromatic rings. The monoisotopic (exact) mass is 314 g/mol. The zero-order chi connectivity index (χ0) is 16.5. The van der Waals surface area contributed by atoms with Gasteiger partial charge in [-0.3, -0.25) is 4.79 Å². The summed E-state index contributed by atoms with van der Waals surface area (Å²) in [4.78, 5) is 15.9. The summed E-state index contributed by atoms with van der Waals surface area (Å²) in [6, 6.07) is 3.27. The lowest BCUT2D eigenvalue weighted by Gasteiger charge is -2.14. The molecule has 0 saturated heterocycles. The van der Waals surface area contributed by atoms with E-state index in [1.807, 2.05) is 0 Å². The Morgan fingerprint density at radius 3 is 2.50 bits per heavy atom. The number of oxazole rings is 1. The number of hydrogen-bond acceptors (Lipinski definition) is 4. The maximum absolute atomic E-state index is 13.1. The van der Waals surface area contributed by atoms with Gasteiger partial charge in [-0.25, -0.2) is 4.98 Å². The van der Waals surface area contributed by atoms with Crippen molar-refractivity contribution in [3.05, 3.63) is 41.1 Å². The fraction of sp³-hybridized carbons (Fsp3) is 0.286. The fourth-order valence-corrected chi connectivity index (χ4v) is 1.91. The Bertz CT molecular complexity index is 708. The summed E-state index contributed by atoms with van der Waals surface area (Å²) < 4.78 is 49.1. The Morgan fingerprint density at radius 1 is 1.32 bits per heavy atom. The minimum absolute atomic E-state index is 0.0405. The number of ether oxygens (including phenoxy) is 1. The number of carbonyl (C=O) groups excluding carboxylic acids is 1. The number of amides is 1. The zero-order valence-corrected chi connectivity index (χ0v) is 12.0. The smallest absolute Gasteiger partial charge is 0.418 e. The minimum Gasteiger partial charge on any atom is -0.497 e. The van der Waals surface area contributed by atoms with Crippen LogP contribution in [0.25, 0.3) is 0 Å². The standard InChI is InChI=1S/C14H13F3N2O3/c1-7-12(18-8(2)22-7)13(20)19-11-5-4-9(21-3)6-10(11)14(15,16)17/h4-6H,1-3H3,(H,19,20). The molecule has 8 heteroatoms. The number of aromatic nitrogens is 1. The number of nitrogens with zero attached hydrogens (tertiary/aromatic N) is 1. The third-order valence-electron chi connectivity index (χ3n) is 2.90. The highest BCUT2D eigenvalue weighted by atomic mass is 19.4. The molecule has 0 atom stereocenters. The van der Waals surface area contributed by atoms with Crippen molar-refractivity contribution in [1.29, 1.82) is 0 Å². The van der Waals surface area contributed by atoms with E-state index in [0.717, 1.165) is 12.1 Å². The van der Waals surface area contributed by atoms with Crippen LogP contribution in [-0.4, -0.2) is 18.0 Å². The van der Waals surface area contributed by atoms with Gasteiger partial charge in [-0.05, 0) is 25.1 Å². The number of hydrogen-bond donors (Lipinski definition) is 1. The molecule has 22 heavy (non-hydrogen) atoms. The van der Waals surface area contributed by atoms with Gasteiger partial charge in [0.15, 0.2) is 11.6 Å². The Hall–Kier alpha value is -2.51. The van der Waals surface area contributed by atoms with Crippen LogP contribution in [0.3, 0.4) is 0 Å². The molecular formula is C14H13F3N2O3. The van der Waals surface area contributed by atoms with E-state index >= 15 is 0 Å². The van der Waals surface area contributed by atoms with Crippen LogP contribution >= 0.6 is 0 Å². The first-order valence-electron chi connectivity index (χ1n) is 6.23. The van der Waals surface area contributed by atoms with Crippen molar-refractivity contribution in [2.75, 3.05) is 12.4 Å². The second-order valence-corrected chi connectivity index (χ2v) is 4.50. The van der Waals surface area contributed by atoms with E-state index in [0.29, 0.717) is 0 Å². The molecule has 1 amide bonds. The summed E-state index contributed by atoms with van der Waals surface area (Å²) in [5.41, 5.74) is -1.43. The summed E-state index contributed by atoms with van der Waals surface area (Å²) in [6.45, 7) is 3.05. The highest BCUT2D eigenvalue weighted by Crippen LogP contribution is 2.37. The summed E-state index contributed by atoms with van der Waals surface area (Å²) in [5.74, 6) is -0.241. The predicted molar refractivity (Wildman–Crippen MR) is 71.9 cm³/mol. The molecule has 2 rings (SSSR count). The maximum atomic E-state index is 13.1. The molecule has 0 saturated carbocycles. The molecule has 1 heterocycles. The van der Waals surface area contributed by atoms with Crippen LogP contribution in [0.15, 0.2) is 22.6 Å². The number of aryl methyl sites for hydroxylation is 2. The number of nitrogens with one attached hydrogen (secondary N) is 1. The topological polar surface area (TPSA) is 64.4 Å².